The van der Waals surface area contributed by atoms with Crippen LogP contribution in [0.5, 0.6) is 0 Å². The molecule has 0 aliphatic heterocycles. The third kappa shape index (κ3) is 42.0. The van der Waals surface area contributed by atoms with Crippen LogP contribution in [0.4, 0.5) is 0 Å². The van der Waals surface area contributed by atoms with E-state index in [1.54, 1.807) is 0 Å². The molecule has 0 aromatic carbocycles. The zero-order valence-electron chi connectivity index (χ0n) is 33.8. The molecule has 0 aliphatic carbocycles. The summed E-state index contributed by atoms with van der Waals surface area (Å²) in [6.07, 6.45) is 49.9. The highest BCUT2D eigenvalue weighted by molar-refractivity contribution is 4.58. The van der Waals surface area contributed by atoms with Crippen LogP contribution in [0.3, 0.4) is 0 Å². The number of unbranched alkanes of at least 4 members (excludes halogenated alkanes) is 33. The second-order valence-electron chi connectivity index (χ2n) is 15.3. The molecule has 48 heavy (non-hydrogen) atoms. The fourth-order valence-corrected chi connectivity index (χ4v) is 6.86. The molecule has 0 fully saturated rings. The monoisotopic (exact) mass is 681 g/mol. The minimum Gasteiger partial charge on any atom is -0.379 e. The van der Waals surface area contributed by atoms with Crippen LogP contribution in [-0.2, 0) is 14.2 Å². The van der Waals surface area contributed by atoms with Crippen LogP contribution < -0.4 is 0 Å². The molecule has 0 amide bonds. The Bertz CT molecular complexity index is 510. The van der Waals surface area contributed by atoms with Crippen molar-refractivity contribution in [1.82, 2.24) is 0 Å². The largest absolute Gasteiger partial charge is 0.379 e. The Hall–Kier alpha value is -0.120. The first kappa shape index (κ1) is 47.9. The van der Waals surface area contributed by atoms with Gasteiger partial charge in [-0.05, 0) is 19.3 Å². The summed E-state index contributed by atoms with van der Waals surface area (Å²) in [5, 5.41) is 0. The summed E-state index contributed by atoms with van der Waals surface area (Å²) in [6.45, 7) is 10.9. The average Bonchev–Trinajstić information content (AvgIpc) is 3.10. The number of rotatable bonds is 44. The second-order valence-corrected chi connectivity index (χ2v) is 15.3. The Labute approximate surface area is 304 Å². The molecule has 0 aliphatic rings. The van der Waals surface area contributed by atoms with Gasteiger partial charge in [0.1, 0.15) is 6.10 Å². The minimum absolute atomic E-state index is 0.0904. The topological polar surface area (TPSA) is 27.7 Å². The third-order valence-electron chi connectivity index (χ3n) is 10.2. The van der Waals surface area contributed by atoms with Crippen molar-refractivity contribution in [1.29, 1.82) is 0 Å². The van der Waals surface area contributed by atoms with Gasteiger partial charge in [0.15, 0.2) is 0 Å². The van der Waals surface area contributed by atoms with Crippen LogP contribution in [0.2, 0.25) is 0 Å². The summed E-state index contributed by atoms with van der Waals surface area (Å²) in [6, 6.07) is 0. The molecule has 0 rings (SSSR count). The fraction of sp³-hybridized carbons (Fsp3) is 1.00. The Morgan fingerprint density at radius 2 is 0.458 bits per heavy atom. The predicted octanol–water partition coefficient (Wildman–Crippen LogP) is 15.5. The molecule has 0 saturated carbocycles. The zero-order valence-corrected chi connectivity index (χ0v) is 33.8. The third-order valence-corrected chi connectivity index (χ3v) is 10.2. The van der Waals surface area contributed by atoms with Crippen molar-refractivity contribution in [3.63, 3.8) is 0 Å². The first-order valence-electron chi connectivity index (χ1n) is 22.6. The molecule has 0 spiro atoms. The Balaban J connectivity index is 3.88. The molecule has 3 nitrogen and oxygen atoms in total. The Morgan fingerprint density at radius 1 is 0.250 bits per heavy atom. The molecule has 0 unspecified atom stereocenters. The highest BCUT2D eigenvalue weighted by Gasteiger charge is 2.10. The molecule has 0 radical (unpaired) electrons. The van der Waals surface area contributed by atoms with Crippen molar-refractivity contribution in [2.75, 3.05) is 33.0 Å². The van der Waals surface area contributed by atoms with E-state index in [0.717, 1.165) is 19.8 Å². The minimum atomic E-state index is 0.0904. The van der Waals surface area contributed by atoms with Crippen molar-refractivity contribution in [2.45, 2.75) is 258 Å². The first-order valence-corrected chi connectivity index (χ1v) is 22.6. The zero-order chi connectivity index (χ0) is 34.7. The molecule has 290 valence electrons. The molecule has 0 aromatic heterocycles. The van der Waals surface area contributed by atoms with Gasteiger partial charge in [0.25, 0.3) is 0 Å². The van der Waals surface area contributed by atoms with Crippen molar-refractivity contribution in [2.24, 2.45) is 0 Å². The van der Waals surface area contributed by atoms with Gasteiger partial charge in [-0.1, -0.05) is 233 Å². The van der Waals surface area contributed by atoms with E-state index in [1.807, 2.05) is 0 Å². The van der Waals surface area contributed by atoms with Crippen molar-refractivity contribution in [3.8, 4) is 0 Å². The predicted molar refractivity (Wildman–Crippen MR) is 215 cm³/mol. The van der Waals surface area contributed by atoms with Gasteiger partial charge in [-0.2, -0.15) is 0 Å². The van der Waals surface area contributed by atoms with Crippen LogP contribution in [0.1, 0.15) is 252 Å². The summed E-state index contributed by atoms with van der Waals surface area (Å²) >= 11 is 0. The highest BCUT2D eigenvalue weighted by atomic mass is 16.6. The first-order chi connectivity index (χ1) is 23.8. The number of hydrogen-bond acceptors (Lipinski definition) is 3. The fourth-order valence-electron chi connectivity index (χ4n) is 6.86. The second kappa shape index (κ2) is 44.9. The Kier molecular flexibility index (Phi) is 44.8. The van der Waals surface area contributed by atoms with E-state index in [2.05, 4.69) is 20.8 Å². The van der Waals surface area contributed by atoms with Gasteiger partial charge in [-0.3, -0.25) is 0 Å². The molecule has 0 heterocycles. The van der Waals surface area contributed by atoms with Crippen LogP contribution in [0.15, 0.2) is 0 Å². The number of hydrogen-bond donors (Lipinski definition) is 0. The summed E-state index contributed by atoms with van der Waals surface area (Å²) in [5.41, 5.74) is 0. The lowest BCUT2D eigenvalue weighted by molar-refractivity contribution is -0.0616. The number of ether oxygens (including phenoxy) is 3. The lowest BCUT2D eigenvalue weighted by Gasteiger charge is -2.18. The van der Waals surface area contributed by atoms with Gasteiger partial charge in [-0.25, -0.2) is 0 Å². The van der Waals surface area contributed by atoms with E-state index in [1.165, 1.54) is 231 Å². The quantitative estimate of drug-likeness (QED) is 0.0600. The van der Waals surface area contributed by atoms with E-state index >= 15 is 0 Å². The van der Waals surface area contributed by atoms with Crippen molar-refractivity contribution in [3.05, 3.63) is 0 Å². The van der Waals surface area contributed by atoms with Crippen LogP contribution in [-0.4, -0.2) is 39.1 Å². The van der Waals surface area contributed by atoms with Crippen molar-refractivity contribution >= 4 is 0 Å². The summed E-state index contributed by atoms with van der Waals surface area (Å²) in [5.74, 6) is 0. The van der Waals surface area contributed by atoms with E-state index in [-0.39, 0.29) is 6.10 Å². The van der Waals surface area contributed by atoms with Crippen molar-refractivity contribution < 1.29 is 14.2 Å². The van der Waals surface area contributed by atoms with Gasteiger partial charge >= 0.3 is 0 Å². The SMILES string of the molecule is CCCCCCCCCCCCCCCCCCOC(COCCCCCCCCCCCC)COCCCCCCCCCCCC. The van der Waals surface area contributed by atoms with Crippen LogP contribution >= 0.6 is 0 Å². The van der Waals surface area contributed by atoms with E-state index < -0.39 is 0 Å². The van der Waals surface area contributed by atoms with Gasteiger partial charge in [0.05, 0.1) is 13.2 Å². The lowest BCUT2D eigenvalue weighted by atomic mass is 10.0. The van der Waals surface area contributed by atoms with Gasteiger partial charge < -0.3 is 14.2 Å². The molecule has 0 atom stereocenters. The molecule has 0 saturated heterocycles. The average molecular weight is 681 g/mol. The smallest absolute Gasteiger partial charge is 0.104 e. The van der Waals surface area contributed by atoms with E-state index in [0.29, 0.717) is 13.2 Å². The molecule has 0 bridgehead atoms. The van der Waals surface area contributed by atoms with Crippen LogP contribution in [0.25, 0.3) is 0 Å². The maximum Gasteiger partial charge on any atom is 0.104 e. The summed E-state index contributed by atoms with van der Waals surface area (Å²) in [4.78, 5) is 0. The molecule has 0 N–H and O–H groups in total. The van der Waals surface area contributed by atoms with E-state index in [9.17, 15) is 0 Å². The van der Waals surface area contributed by atoms with Gasteiger partial charge in [-0.15, -0.1) is 0 Å². The molecule has 3 heteroatoms. The summed E-state index contributed by atoms with van der Waals surface area (Å²) in [7, 11) is 0. The maximum absolute atomic E-state index is 6.31. The summed E-state index contributed by atoms with van der Waals surface area (Å²) < 4.78 is 18.5. The molecular formula is C45H92O3. The van der Waals surface area contributed by atoms with Crippen LogP contribution in [0, 0.1) is 0 Å². The maximum atomic E-state index is 6.31. The highest BCUT2D eigenvalue weighted by Crippen LogP contribution is 2.15. The van der Waals surface area contributed by atoms with Gasteiger partial charge in [0, 0.05) is 19.8 Å². The standard InChI is InChI=1S/C45H92O3/c1-4-7-10-13-16-19-22-23-24-25-26-27-30-33-36-39-42-48-45(43-46-40-37-34-31-28-20-17-14-11-8-5-2)44-47-41-38-35-32-29-21-18-15-12-9-6-3/h45H,4-44H2,1-3H3. The van der Waals surface area contributed by atoms with E-state index in [4.69, 9.17) is 14.2 Å². The Morgan fingerprint density at radius 3 is 0.708 bits per heavy atom. The molecular weight excluding hydrogens is 588 g/mol. The van der Waals surface area contributed by atoms with Gasteiger partial charge in [0.2, 0.25) is 0 Å². The molecule has 0 aromatic rings. The normalized spacial score (nSPS) is 11.8. The lowest BCUT2D eigenvalue weighted by Crippen LogP contribution is -2.26.